The van der Waals surface area contributed by atoms with Gasteiger partial charge in [0.15, 0.2) is 11.5 Å². The van der Waals surface area contributed by atoms with Crippen LogP contribution >= 0.6 is 0 Å². The molecular formula is C16H20O5. The zero-order valence-electron chi connectivity index (χ0n) is 12.5. The summed E-state index contributed by atoms with van der Waals surface area (Å²) in [7, 11) is 4.76. The zero-order valence-corrected chi connectivity index (χ0v) is 12.5. The van der Waals surface area contributed by atoms with Crippen molar-refractivity contribution < 1.29 is 23.7 Å². The van der Waals surface area contributed by atoms with Gasteiger partial charge in [0.1, 0.15) is 6.10 Å². The van der Waals surface area contributed by atoms with Crippen molar-refractivity contribution in [3.8, 4) is 17.2 Å². The summed E-state index contributed by atoms with van der Waals surface area (Å²) in [4.78, 5) is 11.2. The first-order valence-corrected chi connectivity index (χ1v) is 6.84. The molecule has 0 N–H and O–H groups in total. The molecule has 0 radical (unpaired) electrons. The molecule has 0 bridgehead atoms. The highest BCUT2D eigenvalue weighted by atomic mass is 16.5. The van der Waals surface area contributed by atoms with Gasteiger partial charge in [-0.3, -0.25) is 0 Å². The van der Waals surface area contributed by atoms with E-state index in [0.717, 1.165) is 24.8 Å². The van der Waals surface area contributed by atoms with E-state index in [9.17, 15) is 4.79 Å². The molecule has 2 rings (SSSR count). The van der Waals surface area contributed by atoms with Gasteiger partial charge in [0, 0.05) is 12.5 Å². The second kappa shape index (κ2) is 7.02. The molecule has 5 heteroatoms. The molecule has 0 amide bonds. The van der Waals surface area contributed by atoms with Gasteiger partial charge in [0.2, 0.25) is 5.75 Å². The standard InChI is InChI=1S/C16H20O5/c1-18-13-9-11(10-14(19-2)16(13)20-3)7-8-12-5-4-6-15(17)21-12/h4,6,9-10,12H,5,7-8H2,1-3H3. The van der Waals surface area contributed by atoms with Gasteiger partial charge in [-0.15, -0.1) is 0 Å². The summed E-state index contributed by atoms with van der Waals surface area (Å²) in [5.41, 5.74) is 1.05. The minimum absolute atomic E-state index is 0.0680. The number of hydrogen-bond acceptors (Lipinski definition) is 5. The number of methoxy groups -OCH3 is 3. The van der Waals surface area contributed by atoms with Crippen molar-refractivity contribution in [3.05, 3.63) is 29.8 Å². The third-order valence-electron chi connectivity index (χ3n) is 3.42. The van der Waals surface area contributed by atoms with Crippen LogP contribution in [0.4, 0.5) is 0 Å². The van der Waals surface area contributed by atoms with Gasteiger partial charge in [-0.1, -0.05) is 6.08 Å². The lowest BCUT2D eigenvalue weighted by molar-refractivity contribution is -0.144. The fourth-order valence-electron chi connectivity index (χ4n) is 2.35. The fourth-order valence-corrected chi connectivity index (χ4v) is 2.35. The quantitative estimate of drug-likeness (QED) is 0.754. The summed E-state index contributed by atoms with van der Waals surface area (Å²) < 4.78 is 21.2. The van der Waals surface area contributed by atoms with E-state index >= 15 is 0 Å². The molecule has 0 fully saturated rings. The Hall–Kier alpha value is -2.17. The van der Waals surface area contributed by atoms with Gasteiger partial charge >= 0.3 is 5.97 Å². The van der Waals surface area contributed by atoms with Crippen LogP contribution < -0.4 is 14.2 Å². The Morgan fingerprint density at radius 1 is 1.14 bits per heavy atom. The Balaban J connectivity index is 2.09. The van der Waals surface area contributed by atoms with Crippen molar-refractivity contribution in [1.29, 1.82) is 0 Å². The van der Waals surface area contributed by atoms with E-state index in [0.29, 0.717) is 17.2 Å². The Labute approximate surface area is 124 Å². The molecular weight excluding hydrogens is 272 g/mol. The molecule has 1 aliphatic rings. The van der Waals surface area contributed by atoms with Crippen LogP contribution in [0.3, 0.4) is 0 Å². The third-order valence-corrected chi connectivity index (χ3v) is 3.42. The summed E-state index contributed by atoms with van der Waals surface area (Å²) >= 11 is 0. The molecule has 1 atom stereocenters. The maximum Gasteiger partial charge on any atom is 0.330 e. The molecule has 1 unspecified atom stereocenters. The monoisotopic (exact) mass is 292 g/mol. The largest absolute Gasteiger partial charge is 0.493 e. The molecule has 0 saturated carbocycles. The second-order valence-electron chi connectivity index (χ2n) is 4.77. The lowest BCUT2D eigenvalue weighted by Crippen LogP contribution is -2.20. The van der Waals surface area contributed by atoms with E-state index < -0.39 is 0 Å². The average Bonchev–Trinajstić information content (AvgIpc) is 2.51. The van der Waals surface area contributed by atoms with Crippen LogP contribution in [-0.4, -0.2) is 33.4 Å². The molecule has 1 aliphatic heterocycles. The summed E-state index contributed by atoms with van der Waals surface area (Å²) in [6, 6.07) is 3.84. The number of rotatable bonds is 6. The van der Waals surface area contributed by atoms with Gasteiger partial charge < -0.3 is 18.9 Å². The lowest BCUT2D eigenvalue weighted by Gasteiger charge is -2.19. The predicted molar refractivity (Wildman–Crippen MR) is 78.1 cm³/mol. The van der Waals surface area contributed by atoms with E-state index in [1.807, 2.05) is 18.2 Å². The number of carbonyl (C=O) groups excluding carboxylic acids is 1. The molecule has 21 heavy (non-hydrogen) atoms. The van der Waals surface area contributed by atoms with Crippen molar-refractivity contribution in [3.63, 3.8) is 0 Å². The molecule has 0 aliphatic carbocycles. The van der Waals surface area contributed by atoms with Crippen LogP contribution in [0.25, 0.3) is 0 Å². The summed E-state index contributed by atoms with van der Waals surface area (Å²) in [6.45, 7) is 0. The number of esters is 1. The first-order chi connectivity index (χ1) is 10.2. The zero-order chi connectivity index (χ0) is 15.2. The molecule has 0 aromatic heterocycles. The second-order valence-corrected chi connectivity index (χ2v) is 4.77. The summed E-state index contributed by atoms with van der Waals surface area (Å²) in [5, 5.41) is 0. The van der Waals surface area contributed by atoms with Crippen molar-refractivity contribution in [1.82, 2.24) is 0 Å². The Bertz CT molecular complexity index is 510. The van der Waals surface area contributed by atoms with Gasteiger partial charge in [-0.2, -0.15) is 0 Å². The number of benzene rings is 1. The van der Waals surface area contributed by atoms with Gasteiger partial charge in [0.25, 0.3) is 0 Å². The van der Waals surface area contributed by atoms with Gasteiger partial charge in [0.05, 0.1) is 21.3 Å². The Kier molecular flexibility index (Phi) is 5.09. The average molecular weight is 292 g/mol. The number of ether oxygens (including phenoxy) is 4. The fraction of sp³-hybridized carbons (Fsp3) is 0.438. The predicted octanol–water partition coefficient (Wildman–Crippen LogP) is 2.52. The maximum absolute atomic E-state index is 11.2. The molecule has 114 valence electrons. The van der Waals surface area contributed by atoms with Crippen molar-refractivity contribution in [2.24, 2.45) is 0 Å². The first kappa shape index (κ1) is 15.2. The van der Waals surface area contributed by atoms with E-state index in [4.69, 9.17) is 18.9 Å². The minimum Gasteiger partial charge on any atom is -0.493 e. The van der Waals surface area contributed by atoms with Crippen molar-refractivity contribution in [2.75, 3.05) is 21.3 Å². The molecule has 1 aromatic carbocycles. The van der Waals surface area contributed by atoms with E-state index in [-0.39, 0.29) is 12.1 Å². The SMILES string of the molecule is COc1cc(CCC2CC=CC(=O)O2)cc(OC)c1OC. The molecule has 1 heterocycles. The van der Waals surface area contributed by atoms with Crippen LogP contribution in [0.15, 0.2) is 24.3 Å². The molecule has 0 saturated heterocycles. The normalized spacial score (nSPS) is 17.3. The third kappa shape index (κ3) is 3.68. The van der Waals surface area contributed by atoms with Crippen molar-refractivity contribution >= 4 is 5.97 Å². The minimum atomic E-state index is -0.267. The van der Waals surface area contributed by atoms with E-state index in [2.05, 4.69) is 0 Å². The molecule has 5 nitrogen and oxygen atoms in total. The highest BCUT2D eigenvalue weighted by molar-refractivity contribution is 5.82. The Morgan fingerprint density at radius 2 is 1.81 bits per heavy atom. The van der Waals surface area contributed by atoms with Crippen LogP contribution in [0.5, 0.6) is 17.2 Å². The smallest absolute Gasteiger partial charge is 0.330 e. The van der Waals surface area contributed by atoms with Gasteiger partial charge in [-0.05, 0) is 30.5 Å². The number of carbonyl (C=O) groups is 1. The van der Waals surface area contributed by atoms with Crippen molar-refractivity contribution in [2.45, 2.75) is 25.4 Å². The van der Waals surface area contributed by atoms with E-state index in [1.54, 1.807) is 21.3 Å². The molecule has 0 spiro atoms. The molecule has 1 aromatic rings. The highest BCUT2D eigenvalue weighted by Crippen LogP contribution is 2.38. The van der Waals surface area contributed by atoms with Crippen LogP contribution in [0.2, 0.25) is 0 Å². The van der Waals surface area contributed by atoms with Crippen LogP contribution in [-0.2, 0) is 16.0 Å². The number of aryl methyl sites for hydroxylation is 1. The van der Waals surface area contributed by atoms with Crippen LogP contribution in [0.1, 0.15) is 18.4 Å². The van der Waals surface area contributed by atoms with E-state index in [1.165, 1.54) is 6.08 Å². The van der Waals surface area contributed by atoms with Crippen LogP contribution in [0, 0.1) is 0 Å². The summed E-state index contributed by atoms with van der Waals surface area (Å²) in [5.74, 6) is 1.58. The summed E-state index contributed by atoms with van der Waals surface area (Å²) in [6.07, 6.45) is 5.54. The number of cyclic esters (lactones) is 1. The Morgan fingerprint density at radius 3 is 2.33 bits per heavy atom. The lowest BCUT2D eigenvalue weighted by atomic mass is 10.0. The van der Waals surface area contributed by atoms with Gasteiger partial charge in [-0.25, -0.2) is 4.79 Å². The highest BCUT2D eigenvalue weighted by Gasteiger charge is 2.17. The maximum atomic E-state index is 11.2. The topological polar surface area (TPSA) is 54.0 Å². The number of hydrogen-bond donors (Lipinski definition) is 0. The first-order valence-electron chi connectivity index (χ1n) is 6.84.